The van der Waals surface area contributed by atoms with Gasteiger partial charge in [-0.2, -0.15) is 13.2 Å². The van der Waals surface area contributed by atoms with Gasteiger partial charge in [0.2, 0.25) is 0 Å². The van der Waals surface area contributed by atoms with Crippen molar-refractivity contribution in [3.63, 3.8) is 0 Å². The highest BCUT2D eigenvalue weighted by Gasteiger charge is 2.27. The smallest absolute Gasteiger partial charge is 0.390 e. The number of carbonyl (C=O) groups excluding carboxylic acids is 1. The second kappa shape index (κ2) is 6.62. The van der Waals surface area contributed by atoms with Crippen molar-refractivity contribution in [2.45, 2.75) is 32.9 Å². The molecule has 0 unspecified atom stereocenters. The fraction of sp³-hybridized carbons (Fsp3) is 0.667. The maximum Gasteiger partial charge on any atom is 0.390 e. The van der Waals surface area contributed by atoms with E-state index in [1.54, 1.807) is 14.0 Å². The van der Waals surface area contributed by atoms with E-state index in [9.17, 15) is 18.0 Å². The number of imidazole rings is 1. The van der Waals surface area contributed by atoms with Crippen LogP contribution in [0.5, 0.6) is 0 Å². The molecule has 0 aromatic carbocycles. The van der Waals surface area contributed by atoms with Crippen molar-refractivity contribution in [1.29, 1.82) is 0 Å². The molecule has 1 N–H and O–H groups in total. The van der Waals surface area contributed by atoms with Crippen LogP contribution in [-0.2, 0) is 18.2 Å². The lowest BCUT2D eigenvalue weighted by Gasteiger charge is -2.09. The Morgan fingerprint density at radius 2 is 2.05 bits per heavy atom. The highest BCUT2D eigenvalue weighted by atomic mass is 19.4. The van der Waals surface area contributed by atoms with E-state index in [0.717, 1.165) is 0 Å². The number of nitrogens with zero attached hydrogens (tertiary/aromatic N) is 2. The molecule has 8 heteroatoms. The van der Waals surface area contributed by atoms with Gasteiger partial charge in [0.15, 0.2) is 11.5 Å². The Morgan fingerprint density at radius 1 is 1.40 bits per heavy atom. The zero-order valence-corrected chi connectivity index (χ0v) is 11.7. The second-order valence-corrected chi connectivity index (χ2v) is 4.15. The van der Waals surface area contributed by atoms with Crippen LogP contribution in [0.4, 0.5) is 19.0 Å². The predicted molar refractivity (Wildman–Crippen MR) is 67.7 cm³/mol. The minimum atomic E-state index is -4.25. The lowest BCUT2D eigenvalue weighted by molar-refractivity contribution is -0.131. The van der Waals surface area contributed by atoms with Gasteiger partial charge < -0.3 is 14.6 Å². The first-order valence-electron chi connectivity index (χ1n) is 6.33. The number of rotatable bonds is 6. The molecule has 0 amide bonds. The Kier molecular flexibility index (Phi) is 5.41. The standard InChI is InChI=1S/C12H18F3N3O2/c1-4-8-17-10(16-7-6-12(13,14)15)9(18(8)3)11(19)20-5-2/h16H,4-7H2,1-3H3. The molecule has 1 aromatic heterocycles. The van der Waals surface area contributed by atoms with Crippen LogP contribution in [-0.4, -0.2) is 34.8 Å². The molecule has 0 saturated carbocycles. The third-order valence-corrected chi connectivity index (χ3v) is 2.67. The van der Waals surface area contributed by atoms with E-state index < -0.39 is 18.6 Å². The van der Waals surface area contributed by atoms with Crippen LogP contribution >= 0.6 is 0 Å². The van der Waals surface area contributed by atoms with Crippen molar-refractivity contribution >= 4 is 11.8 Å². The zero-order valence-electron chi connectivity index (χ0n) is 11.7. The van der Waals surface area contributed by atoms with Gasteiger partial charge in [-0.1, -0.05) is 6.92 Å². The first-order chi connectivity index (χ1) is 9.30. The van der Waals surface area contributed by atoms with Crippen LogP contribution in [0.2, 0.25) is 0 Å². The molecule has 0 saturated heterocycles. The second-order valence-electron chi connectivity index (χ2n) is 4.15. The molecular weight excluding hydrogens is 275 g/mol. The molecule has 0 aliphatic rings. The average Bonchev–Trinajstić information content (AvgIpc) is 2.64. The number of esters is 1. The van der Waals surface area contributed by atoms with Crippen LogP contribution in [0.15, 0.2) is 0 Å². The Morgan fingerprint density at radius 3 is 2.55 bits per heavy atom. The molecule has 0 aliphatic heterocycles. The number of carbonyl (C=O) groups is 1. The molecular formula is C12H18F3N3O2. The lowest BCUT2D eigenvalue weighted by Crippen LogP contribution is -2.17. The SMILES string of the molecule is CCOC(=O)c1c(NCCC(F)(F)F)nc(CC)n1C. The Balaban J connectivity index is 2.91. The van der Waals surface area contributed by atoms with Gasteiger partial charge >= 0.3 is 12.1 Å². The van der Waals surface area contributed by atoms with E-state index >= 15 is 0 Å². The van der Waals surface area contributed by atoms with Crippen molar-refractivity contribution in [1.82, 2.24) is 9.55 Å². The summed E-state index contributed by atoms with van der Waals surface area (Å²) in [5.74, 6) is 0.131. The molecule has 0 atom stereocenters. The van der Waals surface area contributed by atoms with Crippen molar-refractivity contribution in [2.75, 3.05) is 18.5 Å². The van der Waals surface area contributed by atoms with E-state index in [2.05, 4.69) is 10.3 Å². The predicted octanol–water partition coefficient (Wildman–Crippen LogP) is 2.52. The minimum Gasteiger partial charge on any atom is -0.461 e. The average molecular weight is 293 g/mol. The molecule has 0 spiro atoms. The van der Waals surface area contributed by atoms with Gasteiger partial charge in [0.1, 0.15) is 5.82 Å². The summed E-state index contributed by atoms with van der Waals surface area (Å²) in [6.45, 7) is 3.35. The maximum atomic E-state index is 12.1. The van der Waals surface area contributed by atoms with Crippen LogP contribution in [0.25, 0.3) is 0 Å². The number of hydrogen-bond acceptors (Lipinski definition) is 4. The molecule has 1 aromatic rings. The van der Waals surface area contributed by atoms with Crippen molar-refractivity contribution in [3.8, 4) is 0 Å². The first kappa shape index (κ1) is 16.3. The van der Waals surface area contributed by atoms with Gasteiger partial charge in [-0.25, -0.2) is 9.78 Å². The molecule has 0 fully saturated rings. The Hall–Kier alpha value is -1.73. The van der Waals surface area contributed by atoms with Gasteiger partial charge in [0, 0.05) is 20.0 Å². The molecule has 1 heterocycles. The van der Waals surface area contributed by atoms with Crippen LogP contribution in [0, 0.1) is 0 Å². The third-order valence-electron chi connectivity index (χ3n) is 2.67. The van der Waals surface area contributed by atoms with E-state index in [-0.39, 0.29) is 24.7 Å². The van der Waals surface area contributed by atoms with Crippen LogP contribution in [0.1, 0.15) is 36.6 Å². The number of ether oxygens (including phenoxy) is 1. The van der Waals surface area contributed by atoms with Crippen molar-refractivity contribution < 1.29 is 22.7 Å². The fourth-order valence-corrected chi connectivity index (χ4v) is 1.74. The highest BCUT2D eigenvalue weighted by molar-refractivity contribution is 5.93. The number of halogens is 3. The Bertz CT molecular complexity index is 469. The van der Waals surface area contributed by atoms with E-state index in [1.807, 2.05) is 6.92 Å². The number of nitrogens with one attached hydrogen (secondary N) is 1. The summed E-state index contributed by atoms with van der Waals surface area (Å²) in [5.41, 5.74) is 0.144. The summed E-state index contributed by atoms with van der Waals surface area (Å²) in [5, 5.41) is 2.55. The van der Waals surface area contributed by atoms with Crippen LogP contribution < -0.4 is 5.32 Å². The zero-order chi connectivity index (χ0) is 15.3. The minimum absolute atomic E-state index is 0.132. The van der Waals surface area contributed by atoms with Crippen molar-refractivity contribution in [3.05, 3.63) is 11.5 Å². The van der Waals surface area contributed by atoms with Gasteiger partial charge in [-0.05, 0) is 6.92 Å². The Labute approximate surface area is 115 Å². The first-order valence-corrected chi connectivity index (χ1v) is 6.33. The van der Waals surface area contributed by atoms with Gasteiger partial charge in [-0.15, -0.1) is 0 Å². The molecule has 0 bridgehead atoms. The number of aryl methyl sites for hydroxylation is 1. The summed E-state index contributed by atoms with van der Waals surface area (Å²) in [6, 6.07) is 0. The summed E-state index contributed by atoms with van der Waals surface area (Å²) < 4.78 is 42.8. The quantitative estimate of drug-likeness (QED) is 0.819. The summed E-state index contributed by atoms with van der Waals surface area (Å²) in [4.78, 5) is 16.0. The number of anilines is 1. The molecule has 114 valence electrons. The van der Waals surface area contributed by atoms with Gasteiger partial charge in [0.25, 0.3) is 0 Å². The van der Waals surface area contributed by atoms with Gasteiger partial charge in [0.05, 0.1) is 13.0 Å². The van der Waals surface area contributed by atoms with Gasteiger partial charge in [-0.3, -0.25) is 0 Å². The van der Waals surface area contributed by atoms with E-state index in [0.29, 0.717) is 12.2 Å². The summed E-state index contributed by atoms with van der Waals surface area (Å²) in [6.07, 6.45) is -4.68. The maximum absolute atomic E-state index is 12.1. The van der Waals surface area contributed by atoms with Crippen molar-refractivity contribution in [2.24, 2.45) is 7.05 Å². The largest absolute Gasteiger partial charge is 0.461 e. The fourth-order valence-electron chi connectivity index (χ4n) is 1.74. The van der Waals surface area contributed by atoms with Crippen LogP contribution in [0.3, 0.4) is 0 Å². The normalized spacial score (nSPS) is 11.5. The number of aromatic nitrogens is 2. The number of alkyl halides is 3. The molecule has 0 radical (unpaired) electrons. The molecule has 20 heavy (non-hydrogen) atoms. The summed E-state index contributed by atoms with van der Waals surface area (Å²) >= 11 is 0. The molecule has 0 aliphatic carbocycles. The summed E-state index contributed by atoms with van der Waals surface area (Å²) in [7, 11) is 1.63. The molecule has 1 rings (SSSR count). The topological polar surface area (TPSA) is 56.1 Å². The third kappa shape index (κ3) is 4.14. The number of hydrogen-bond donors (Lipinski definition) is 1. The molecule has 5 nitrogen and oxygen atoms in total. The monoisotopic (exact) mass is 293 g/mol. The highest BCUT2D eigenvalue weighted by Crippen LogP contribution is 2.21. The lowest BCUT2D eigenvalue weighted by atomic mass is 10.3. The van der Waals surface area contributed by atoms with E-state index in [4.69, 9.17) is 4.74 Å². The van der Waals surface area contributed by atoms with E-state index in [1.165, 1.54) is 4.57 Å².